The van der Waals surface area contributed by atoms with Gasteiger partial charge in [0, 0.05) is 24.3 Å². The van der Waals surface area contributed by atoms with Gasteiger partial charge in [0.05, 0.1) is 23.4 Å². The topological polar surface area (TPSA) is 104 Å². The summed E-state index contributed by atoms with van der Waals surface area (Å²) < 4.78 is 66.3. The van der Waals surface area contributed by atoms with E-state index < -0.39 is 31.8 Å². The van der Waals surface area contributed by atoms with Crippen LogP contribution in [0.5, 0.6) is 0 Å². The summed E-state index contributed by atoms with van der Waals surface area (Å²) in [5.41, 5.74) is 1.69. The molecule has 1 aliphatic heterocycles. The monoisotopic (exact) mass is 545 g/mol. The van der Waals surface area contributed by atoms with Crippen molar-refractivity contribution in [1.29, 1.82) is 0 Å². The van der Waals surface area contributed by atoms with Gasteiger partial charge in [-0.2, -0.15) is 4.31 Å². The van der Waals surface area contributed by atoms with Crippen LogP contribution < -0.4 is 9.62 Å². The van der Waals surface area contributed by atoms with Crippen LogP contribution in [0, 0.1) is 5.82 Å². The fourth-order valence-corrected chi connectivity index (χ4v) is 6.51. The van der Waals surface area contributed by atoms with E-state index in [0.29, 0.717) is 35.6 Å². The van der Waals surface area contributed by atoms with Crippen molar-refractivity contribution in [3.63, 3.8) is 0 Å². The Bertz CT molecular complexity index is 1450. The molecular formula is C26H28FN3O5S2. The van der Waals surface area contributed by atoms with Gasteiger partial charge in [-0.05, 0) is 79.1 Å². The largest absolute Gasteiger partial charge is 0.322 e. The molecule has 0 aromatic heterocycles. The lowest BCUT2D eigenvalue weighted by Gasteiger charge is -2.25. The summed E-state index contributed by atoms with van der Waals surface area (Å²) in [5.74, 6) is -0.842. The maximum atomic E-state index is 13.2. The molecule has 1 saturated heterocycles. The van der Waals surface area contributed by atoms with Gasteiger partial charge in [-0.25, -0.2) is 21.2 Å². The first kappa shape index (κ1) is 26.8. The molecule has 0 radical (unpaired) electrons. The minimum atomic E-state index is -3.65. The lowest BCUT2D eigenvalue weighted by atomic mass is 10.1. The molecule has 1 heterocycles. The Kier molecular flexibility index (Phi) is 7.96. The average molecular weight is 546 g/mol. The second kappa shape index (κ2) is 11.0. The number of halogens is 1. The number of hydrogen-bond donors (Lipinski definition) is 1. The van der Waals surface area contributed by atoms with Gasteiger partial charge >= 0.3 is 0 Å². The first-order chi connectivity index (χ1) is 17.5. The molecule has 0 atom stereocenters. The molecular weight excluding hydrogens is 517 g/mol. The van der Waals surface area contributed by atoms with Crippen molar-refractivity contribution in [3.05, 3.63) is 89.7 Å². The molecule has 0 bridgehead atoms. The zero-order valence-electron chi connectivity index (χ0n) is 20.3. The predicted molar refractivity (Wildman–Crippen MR) is 141 cm³/mol. The Labute approximate surface area is 216 Å². The van der Waals surface area contributed by atoms with Crippen molar-refractivity contribution >= 4 is 37.3 Å². The molecule has 196 valence electrons. The summed E-state index contributed by atoms with van der Waals surface area (Å²) in [7, 11) is -7.21. The number of nitrogens with zero attached hydrogens (tertiary/aromatic N) is 2. The third-order valence-corrected chi connectivity index (χ3v) is 9.18. The molecule has 1 amide bonds. The molecule has 0 saturated carbocycles. The van der Waals surface area contributed by atoms with Gasteiger partial charge in [0.2, 0.25) is 20.0 Å². The van der Waals surface area contributed by atoms with E-state index in [2.05, 4.69) is 5.32 Å². The molecule has 1 fully saturated rings. The minimum Gasteiger partial charge on any atom is -0.322 e. The van der Waals surface area contributed by atoms with Crippen molar-refractivity contribution in [2.24, 2.45) is 0 Å². The number of amides is 1. The number of sulfonamides is 2. The van der Waals surface area contributed by atoms with Crippen LogP contribution in [0.3, 0.4) is 0 Å². The van der Waals surface area contributed by atoms with E-state index in [1.807, 2.05) is 0 Å². The highest BCUT2D eigenvalue weighted by Gasteiger charge is 2.26. The zero-order chi connectivity index (χ0) is 26.6. The van der Waals surface area contributed by atoms with Gasteiger partial charge in [-0.3, -0.25) is 9.10 Å². The van der Waals surface area contributed by atoms with Gasteiger partial charge in [-0.1, -0.05) is 18.6 Å². The molecule has 3 aromatic carbocycles. The van der Waals surface area contributed by atoms with E-state index in [0.717, 1.165) is 25.5 Å². The van der Waals surface area contributed by atoms with Crippen LogP contribution in [0.25, 0.3) is 0 Å². The molecule has 1 aliphatic rings. The highest BCUT2D eigenvalue weighted by Crippen LogP contribution is 2.24. The lowest BCUT2D eigenvalue weighted by Crippen LogP contribution is -2.35. The molecule has 0 unspecified atom stereocenters. The Morgan fingerprint density at radius 1 is 0.865 bits per heavy atom. The molecule has 3 aromatic rings. The second-order valence-electron chi connectivity index (χ2n) is 8.89. The van der Waals surface area contributed by atoms with Gasteiger partial charge in [0.25, 0.3) is 5.91 Å². The van der Waals surface area contributed by atoms with Crippen LogP contribution >= 0.6 is 0 Å². The molecule has 0 aliphatic carbocycles. The number of nitrogens with one attached hydrogen (secondary N) is 1. The highest BCUT2D eigenvalue weighted by atomic mass is 32.2. The van der Waals surface area contributed by atoms with Crippen LogP contribution in [0.4, 0.5) is 15.8 Å². The smallest absolute Gasteiger partial charge is 0.255 e. The Morgan fingerprint density at radius 3 is 2.03 bits per heavy atom. The number of hydrogen-bond acceptors (Lipinski definition) is 5. The summed E-state index contributed by atoms with van der Waals surface area (Å²) >= 11 is 0. The van der Waals surface area contributed by atoms with E-state index in [1.165, 1.54) is 81.4 Å². The van der Waals surface area contributed by atoms with Crippen LogP contribution in [-0.2, 0) is 26.6 Å². The van der Waals surface area contributed by atoms with Gasteiger partial charge in [0.15, 0.2) is 0 Å². The van der Waals surface area contributed by atoms with Crippen molar-refractivity contribution in [2.75, 3.05) is 29.0 Å². The number of piperidine rings is 1. The van der Waals surface area contributed by atoms with E-state index in [-0.39, 0.29) is 11.4 Å². The average Bonchev–Trinajstić information content (AvgIpc) is 2.88. The number of carbonyl (C=O) groups excluding carboxylic acids is 1. The number of rotatable bonds is 8. The third-order valence-electron chi connectivity index (χ3n) is 6.12. The van der Waals surface area contributed by atoms with Crippen molar-refractivity contribution < 1.29 is 26.0 Å². The fraction of sp³-hybridized carbons (Fsp3) is 0.269. The standard InChI is InChI=1S/C26H28FN3O5S2/c1-36(32,33)30(19-20-5-9-22(27)10-6-20)24-13-7-21(8-14-24)26(31)28-23-11-15-25(16-12-23)37(34,35)29-17-3-2-4-18-29/h5-16H,2-4,17-19H2,1H3,(H,28,31). The molecule has 11 heteroatoms. The Morgan fingerprint density at radius 2 is 1.46 bits per heavy atom. The summed E-state index contributed by atoms with van der Waals surface area (Å²) in [5, 5.41) is 2.73. The van der Waals surface area contributed by atoms with E-state index in [1.54, 1.807) is 0 Å². The first-order valence-electron chi connectivity index (χ1n) is 11.8. The van der Waals surface area contributed by atoms with Crippen LogP contribution in [0.1, 0.15) is 35.2 Å². The second-order valence-corrected chi connectivity index (χ2v) is 12.7. The Hall–Kier alpha value is -3.28. The van der Waals surface area contributed by atoms with E-state index >= 15 is 0 Å². The fourth-order valence-electron chi connectivity index (χ4n) is 4.10. The number of benzene rings is 3. The van der Waals surface area contributed by atoms with Crippen molar-refractivity contribution in [1.82, 2.24) is 4.31 Å². The van der Waals surface area contributed by atoms with Gasteiger partial charge in [0.1, 0.15) is 5.82 Å². The molecule has 37 heavy (non-hydrogen) atoms. The van der Waals surface area contributed by atoms with Crippen molar-refractivity contribution in [2.45, 2.75) is 30.7 Å². The quantitative estimate of drug-likeness (QED) is 0.457. The molecule has 8 nitrogen and oxygen atoms in total. The summed E-state index contributed by atoms with van der Waals surface area (Å²) in [4.78, 5) is 12.9. The predicted octanol–water partition coefficient (Wildman–Crippen LogP) is 4.22. The Balaban J connectivity index is 1.45. The molecule has 0 spiro atoms. The summed E-state index contributed by atoms with van der Waals surface area (Å²) in [6.45, 7) is 1.03. The highest BCUT2D eigenvalue weighted by molar-refractivity contribution is 7.92. The third kappa shape index (κ3) is 6.54. The maximum absolute atomic E-state index is 13.2. The minimum absolute atomic E-state index is 0.0113. The summed E-state index contributed by atoms with van der Waals surface area (Å²) in [6, 6.07) is 17.6. The summed E-state index contributed by atoms with van der Waals surface area (Å²) in [6.07, 6.45) is 3.80. The van der Waals surface area contributed by atoms with Crippen molar-refractivity contribution in [3.8, 4) is 0 Å². The van der Waals surface area contributed by atoms with Gasteiger partial charge in [-0.15, -0.1) is 0 Å². The number of anilines is 2. The maximum Gasteiger partial charge on any atom is 0.255 e. The lowest BCUT2D eigenvalue weighted by molar-refractivity contribution is 0.102. The van der Waals surface area contributed by atoms with E-state index in [4.69, 9.17) is 0 Å². The van der Waals surface area contributed by atoms with Crippen LogP contribution in [0.2, 0.25) is 0 Å². The normalized spacial score (nSPS) is 14.8. The molecule has 1 N–H and O–H groups in total. The number of carbonyl (C=O) groups is 1. The molecule has 4 rings (SSSR count). The van der Waals surface area contributed by atoms with E-state index in [9.17, 15) is 26.0 Å². The van der Waals surface area contributed by atoms with Gasteiger partial charge < -0.3 is 5.32 Å². The zero-order valence-corrected chi connectivity index (χ0v) is 21.9. The van der Waals surface area contributed by atoms with Crippen LogP contribution in [0.15, 0.2) is 77.7 Å². The van der Waals surface area contributed by atoms with Crippen LogP contribution in [-0.4, -0.2) is 46.4 Å². The first-order valence-corrected chi connectivity index (χ1v) is 15.1. The SMILES string of the molecule is CS(=O)(=O)N(Cc1ccc(F)cc1)c1ccc(C(=O)Nc2ccc(S(=O)(=O)N3CCCCC3)cc2)cc1.